The molecule has 0 saturated carbocycles. The fourth-order valence-corrected chi connectivity index (χ4v) is 2.46. The molecule has 0 radical (unpaired) electrons. The van der Waals surface area contributed by atoms with E-state index < -0.39 is 0 Å². The SMILES string of the molecule is CN1CCNCC1c1noc(-c2ccc(Br)c(F)c2)n1.Cl. The van der Waals surface area contributed by atoms with E-state index in [0.717, 1.165) is 19.6 Å². The lowest BCUT2D eigenvalue weighted by atomic mass is 10.2. The van der Waals surface area contributed by atoms with Gasteiger partial charge in [-0.05, 0) is 41.2 Å². The van der Waals surface area contributed by atoms with Gasteiger partial charge < -0.3 is 9.84 Å². The van der Waals surface area contributed by atoms with E-state index in [1.54, 1.807) is 12.1 Å². The minimum atomic E-state index is -0.348. The highest BCUT2D eigenvalue weighted by Crippen LogP contribution is 2.25. The van der Waals surface area contributed by atoms with Crippen molar-refractivity contribution in [1.29, 1.82) is 0 Å². The maximum Gasteiger partial charge on any atom is 0.258 e. The predicted molar refractivity (Wildman–Crippen MR) is 82.9 cm³/mol. The smallest absolute Gasteiger partial charge is 0.258 e. The number of nitrogens with zero attached hydrogens (tertiary/aromatic N) is 3. The summed E-state index contributed by atoms with van der Waals surface area (Å²) in [6, 6.07) is 4.84. The van der Waals surface area contributed by atoms with Gasteiger partial charge in [0.15, 0.2) is 5.82 Å². The third kappa shape index (κ3) is 3.42. The summed E-state index contributed by atoms with van der Waals surface area (Å²) in [5, 5.41) is 7.32. The molecule has 1 N–H and O–H groups in total. The Kier molecular flexibility index (Phi) is 5.32. The number of halogens is 3. The van der Waals surface area contributed by atoms with Crippen molar-refractivity contribution >= 4 is 28.3 Å². The molecule has 2 heterocycles. The first-order chi connectivity index (χ1) is 9.65. The van der Waals surface area contributed by atoms with Crippen LogP contribution >= 0.6 is 28.3 Å². The Morgan fingerprint density at radius 3 is 3.00 bits per heavy atom. The number of piperazine rings is 1. The molecule has 1 fully saturated rings. The van der Waals surface area contributed by atoms with Crippen LogP contribution in [0.2, 0.25) is 0 Å². The molecular formula is C13H15BrClFN4O. The highest BCUT2D eigenvalue weighted by atomic mass is 79.9. The molecule has 1 aromatic carbocycles. The third-order valence-corrected chi connectivity index (χ3v) is 4.06. The van der Waals surface area contributed by atoms with Gasteiger partial charge in [0.05, 0.1) is 10.5 Å². The summed E-state index contributed by atoms with van der Waals surface area (Å²) in [6.07, 6.45) is 0. The molecule has 1 saturated heterocycles. The number of nitrogens with one attached hydrogen (secondary N) is 1. The summed E-state index contributed by atoms with van der Waals surface area (Å²) in [5.74, 6) is 0.613. The second kappa shape index (κ2) is 6.83. The van der Waals surface area contributed by atoms with Gasteiger partial charge in [0.25, 0.3) is 5.89 Å². The number of hydrogen-bond donors (Lipinski definition) is 1. The molecule has 5 nitrogen and oxygen atoms in total. The molecule has 21 heavy (non-hydrogen) atoms. The summed E-state index contributed by atoms with van der Waals surface area (Å²) in [7, 11) is 2.03. The molecule has 3 rings (SSSR count). The normalized spacial score (nSPS) is 19.3. The summed E-state index contributed by atoms with van der Waals surface area (Å²) in [5.41, 5.74) is 0.580. The molecule has 0 aliphatic carbocycles. The molecule has 2 aromatic rings. The highest BCUT2D eigenvalue weighted by molar-refractivity contribution is 9.10. The lowest BCUT2D eigenvalue weighted by Crippen LogP contribution is -2.44. The van der Waals surface area contributed by atoms with E-state index in [2.05, 4.69) is 36.3 Å². The van der Waals surface area contributed by atoms with E-state index >= 15 is 0 Å². The van der Waals surface area contributed by atoms with Gasteiger partial charge in [0.1, 0.15) is 5.82 Å². The number of aromatic nitrogens is 2. The van der Waals surface area contributed by atoms with E-state index in [-0.39, 0.29) is 24.3 Å². The van der Waals surface area contributed by atoms with Crippen LogP contribution in [-0.2, 0) is 0 Å². The van der Waals surface area contributed by atoms with Crippen LogP contribution in [0.15, 0.2) is 27.2 Å². The summed E-state index contributed by atoms with van der Waals surface area (Å²) in [4.78, 5) is 6.56. The zero-order valence-corrected chi connectivity index (χ0v) is 13.7. The van der Waals surface area contributed by atoms with E-state index in [1.807, 2.05) is 7.05 Å². The van der Waals surface area contributed by atoms with Gasteiger partial charge in [-0.15, -0.1) is 12.4 Å². The molecular weight excluding hydrogens is 363 g/mol. The van der Waals surface area contributed by atoms with Crippen LogP contribution in [0, 0.1) is 5.82 Å². The number of benzene rings is 1. The molecule has 0 amide bonds. The summed E-state index contributed by atoms with van der Waals surface area (Å²) in [6.45, 7) is 2.67. The maximum atomic E-state index is 13.5. The van der Waals surface area contributed by atoms with Gasteiger partial charge in [-0.1, -0.05) is 5.16 Å². The number of rotatable bonds is 2. The van der Waals surface area contributed by atoms with Gasteiger partial charge >= 0.3 is 0 Å². The molecule has 1 aliphatic heterocycles. The van der Waals surface area contributed by atoms with Gasteiger partial charge in [-0.25, -0.2) is 4.39 Å². The molecule has 0 bridgehead atoms. The Morgan fingerprint density at radius 2 is 2.29 bits per heavy atom. The number of likely N-dealkylation sites (N-methyl/N-ethyl adjacent to an activating group) is 1. The minimum absolute atomic E-state index is 0. The van der Waals surface area contributed by atoms with Gasteiger partial charge in [0.2, 0.25) is 0 Å². The van der Waals surface area contributed by atoms with Crippen LogP contribution in [0.25, 0.3) is 11.5 Å². The standard InChI is InChI=1S/C13H14BrFN4O.ClH/c1-19-5-4-16-7-11(19)12-17-13(20-18-12)8-2-3-9(14)10(15)6-8;/h2-3,6,11,16H,4-5,7H2,1H3;1H. The lowest BCUT2D eigenvalue weighted by Gasteiger charge is -2.30. The molecule has 1 unspecified atom stereocenters. The van der Waals surface area contributed by atoms with Crippen molar-refractivity contribution in [1.82, 2.24) is 20.4 Å². The fraction of sp³-hybridized carbons (Fsp3) is 0.385. The maximum absolute atomic E-state index is 13.5. The van der Waals surface area contributed by atoms with Crippen molar-refractivity contribution in [3.63, 3.8) is 0 Å². The van der Waals surface area contributed by atoms with Crippen molar-refractivity contribution in [2.24, 2.45) is 0 Å². The Morgan fingerprint density at radius 1 is 1.48 bits per heavy atom. The largest absolute Gasteiger partial charge is 0.334 e. The van der Waals surface area contributed by atoms with E-state index in [1.165, 1.54) is 6.07 Å². The number of hydrogen-bond acceptors (Lipinski definition) is 5. The molecule has 0 spiro atoms. The summed E-state index contributed by atoms with van der Waals surface area (Å²) < 4.78 is 19.2. The Hall–Kier alpha value is -1.02. The average molecular weight is 378 g/mol. The minimum Gasteiger partial charge on any atom is -0.334 e. The first kappa shape index (κ1) is 16.4. The van der Waals surface area contributed by atoms with Gasteiger partial charge in [-0.2, -0.15) is 4.98 Å². The van der Waals surface area contributed by atoms with Crippen LogP contribution in [0.1, 0.15) is 11.9 Å². The lowest BCUT2D eigenvalue weighted by molar-refractivity contribution is 0.190. The fourth-order valence-electron chi connectivity index (χ4n) is 2.21. The molecule has 1 aromatic heterocycles. The van der Waals surface area contributed by atoms with Crippen LogP contribution in [0.3, 0.4) is 0 Å². The molecule has 1 atom stereocenters. The Labute approximate surface area is 136 Å². The second-order valence-corrected chi connectivity index (χ2v) is 5.64. The molecule has 1 aliphatic rings. The van der Waals surface area contributed by atoms with Crippen molar-refractivity contribution in [3.8, 4) is 11.5 Å². The predicted octanol–water partition coefficient (Wildman–Crippen LogP) is 2.64. The topological polar surface area (TPSA) is 54.2 Å². The highest BCUT2D eigenvalue weighted by Gasteiger charge is 2.25. The zero-order chi connectivity index (χ0) is 14.1. The van der Waals surface area contributed by atoms with E-state index in [0.29, 0.717) is 21.8 Å². The van der Waals surface area contributed by atoms with Crippen molar-refractivity contribution in [3.05, 3.63) is 34.3 Å². The van der Waals surface area contributed by atoms with Crippen molar-refractivity contribution in [2.75, 3.05) is 26.7 Å². The van der Waals surface area contributed by atoms with Crippen LogP contribution in [0.5, 0.6) is 0 Å². The Balaban J connectivity index is 0.00000161. The Bertz CT molecular complexity index is 624. The first-order valence-electron chi connectivity index (χ1n) is 6.35. The van der Waals surface area contributed by atoms with Crippen molar-refractivity contribution < 1.29 is 8.91 Å². The third-order valence-electron chi connectivity index (χ3n) is 3.42. The van der Waals surface area contributed by atoms with Crippen LogP contribution < -0.4 is 5.32 Å². The molecule has 8 heteroatoms. The monoisotopic (exact) mass is 376 g/mol. The van der Waals surface area contributed by atoms with E-state index in [4.69, 9.17) is 4.52 Å². The average Bonchev–Trinajstić information content (AvgIpc) is 2.92. The zero-order valence-electron chi connectivity index (χ0n) is 11.3. The van der Waals surface area contributed by atoms with Gasteiger partial charge in [-0.3, -0.25) is 4.90 Å². The van der Waals surface area contributed by atoms with E-state index in [9.17, 15) is 4.39 Å². The van der Waals surface area contributed by atoms with Crippen LogP contribution in [0.4, 0.5) is 4.39 Å². The van der Waals surface area contributed by atoms with Crippen LogP contribution in [-0.4, -0.2) is 41.7 Å². The van der Waals surface area contributed by atoms with Crippen molar-refractivity contribution in [2.45, 2.75) is 6.04 Å². The quantitative estimate of drug-likeness (QED) is 0.872. The molecule has 114 valence electrons. The summed E-state index contributed by atoms with van der Waals surface area (Å²) >= 11 is 3.12. The first-order valence-corrected chi connectivity index (χ1v) is 7.14. The second-order valence-electron chi connectivity index (χ2n) is 4.79. The van der Waals surface area contributed by atoms with Gasteiger partial charge in [0, 0.05) is 25.2 Å².